The summed E-state index contributed by atoms with van der Waals surface area (Å²) in [7, 11) is 1.44. The first-order valence-corrected chi connectivity index (χ1v) is 9.19. The van der Waals surface area contributed by atoms with Gasteiger partial charge < -0.3 is 25.2 Å². The monoisotopic (exact) mass is 424 g/mol. The van der Waals surface area contributed by atoms with E-state index in [-0.39, 0.29) is 48.0 Å². The van der Waals surface area contributed by atoms with E-state index in [1.165, 1.54) is 20.1 Å². The zero-order valence-corrected chi connectivity index (χ0v) is 16.5. The van der Waals surface area contributed by atoms with Gasteiger partial charge in [0.25, 0.3) is 0 Å². The first kappa shape index (κ1) is 22.1. The van der Waals surface area contributed by atoms with Gasteiger partial charge in [0, 0.05) is 26.1 Å². The van der Waals surface area contributed by atoms with Crippen LogP contribution in [0.15, 0.2) is 28.6 Å². The number of ether oxygens (including phenoxy) is 1. The van der Waals surface area contributed by atoms with E-state index >= 15 is 0 Å². The normalized spacial score (nSPS) is 10.9. The van der Waals surface area contributed by atoms with Crippen molar-refractivity contribution in [1.82, 2.24) is 4.98 Å². The number of methoxy groups -OCH3 is 1. The summed E-state index contributed by atoms with van der Waals surface area (Å²) in [5.74, 6) is 0.0263. The SMILES string of the molecule is COc1cc(N=Nc2ncc([N+](=O)[O-])s2)c(NC(C)=O)cc1N(CCO)CCO. The zero-order valence-electron chi connectivity index (χ0n) is 15.7. The number of carbonyl (C=O) groups excluding carboxylic acids is 1. The molecule has 2 rings (SSSR count). The largest absolute Gasteiger partial charge is 0.494 e. The first-order valence-electron chi connectivity index (χ1n) is 8.37. The fourth-order valence-corrected chi connectivity index (χ4v) is 2.97. The standard InChI is InChI=1S/C16H20N6O6S/c1-10(25)18-11-7-13(21(3-5-23)4-6-24)14(28-2)8-12(11)19-20-16-17-9-15(29-16)22(26)27/h7-9,23-24H,3-6H2,1-2H3,(H,18,25). The Morgan fingerprint density at radius 1 is 1.34 bits per heavy atom. The van der Waals surface area contributed by atoms with Crippen LogP contribution >= 0.6 is 11.3 Å². The Morgan fingerprint density at radius 2 is 2.03 bits per heavy atom. The number of hydrogen-bond acceptors (Lipinski definition) is 11. The van der Waals surface area contributed by atoms with Gasteiger partial charge in [-0.05, 0) is 17.4 Å². The molecule has 12 nitrogen and oxygen atoms in total. The van der Waals surface area contributed by atoms with Gasteiger partial charge in [-0.3, -0.25) is 14.9 Å². The van der Waals surface area contributed by atoms with Crippen LogP contribution in [0, 0.1) is 10.1 Å². The van der Waals surface area contributed by atoms with Gasteiger partial charge >= 0.3 is 5.00 Å². The molecule has 0 fully saturated rings. The summed E-state index contributed by atoms with van der Waals surface area (Å²) in [6, 6.07) is 3.11. The van der Waals surface area contributed by atoms with E-state index in [4.69, 9.17) is 4.74 Å². The first-order chi connectivity index (χ1) is 13.9. The summed E-state index contributed by atoms with van der Waals surface area (Å²) >= 11 is 0.758. The number of aliphatic hydroxyl groups excluding tert-OH is 2. The van der Waals surface area contributed by atoms with Gasteiger partial charge in [0.15, 0.2) is 0 Å². The van der Waals surface area contributed by atoms with Crippen molar-refractivity contribution in [2.45, 2.75) is 6.92 Å². The Morgan fingerprint density at radius 3 is 2.55 bits per heavy atom. The quantitative estimate of drug-likeness (QED) is 0.297. The number of carbonyl (C=O) groups is 1. The second kappa shape index (κ2) is 10.4. The van der Waals surface area contributed by atoms with Crippen molar-refractivity contribution in [3.63, 3.8) is 0 Å². The molecule has 1 aromatic heterocycles. The molecule has 29 heavy (non-hydrogen) atoms. The van der Waals surface area contributed by atoms with E-state index in [1.54, 1.807) is 11.0 Å². The van der Waals surface area contributed by atoms with Gasteiger partial charge in [0.05, 0.1) is 36.6 Å². The van der Waals surface area contributed by atoms with Crippen LogP contribution in [0.2, 0.25) is 0 Å². The van der Waals surface area contributed by atoms with E-state index < -0.39 is 4.92 Å². The Bertz CT molecular complexity index is 896. The summed E-state index contributed by atoms with van der Waals surface area (Å²) < 4.78 is 5.39. The van der Waals surface area contributed by atoms with Crippen LogP contribution < -0.4 is 15.0 Å². The van der Waals surface area contributed by atoms with Crippen molar-refractivity contribution < 1.29 is 24.7 Å². The minimum Gasteiger partial charge on any atom is -0.494 e. The number of anilines is 2. The summed E-state index contributed by atoms with van der Waals surface area (Å²) in [6.07, 6.45) is 1.08. The highest BCUT2D eigenvalue weighted by Crippen LogP contribution is 2.40. The fraction of sp³-hybridized carbons (Fsp3) is 0.375. The molecule has 0 unspecified atom stereocenters. The van der Waals surface area contributed by atoms with Crippen molar-refractivity contribution in [1.29, 1.82) is 0 Å². The molecule has 3 N–H and O–H groups in total. The Hall–Kier alpha value is -3.16. The minimum atomic E-state index is -0.575. The van der Waals surface area contributed by atoms with Crippen LogP contribution in [0.1, 0.15) is 6.92 Å². The lowest BCUT2D eigenvalue weighted by atomic mass is 10.2. The molecule has 13 heteroatoms. The number of aliphatic hydroxyl groups is 2. The van der Waals surface area contributed by atoms with Crippen molar-refractivity contribution in [2.24, 2.45) is 10.2 Å². The highest BCUT2D eigenvalue weighted by Gasteiger charge is 2.17. The molecule has 0 aliphatic heterocycles. The van der Waals surface area contributed by atoms with Crippen LogP contribution in [0.5, 0.6) is 5.75 Å². The van der Waals surface area contributed by atoms with Gasteiger partial charge in [-0.1, -0.05) is 0 Å². The molecule has 156 valence electrons. The second-order valence-corrected chi connectivity index (χ2v) is 6.58. The van der Waals surface area contributed by atoms with E-state index in [2.05, 4.69) is 20.5 Å². The van der Waals surface area contributed by atoms with Crippen LogP contribution in [0.25, 0.3) is 0 Å². The number of hydrogen-bond donors (Lipinski definition) is 3. The highest BCUT2D eigenvalue weighted by atomic mass is 32.1. The third-order valence-corrected chi connectivity index (χ3v) is 4.43. The van der Waals surface area contributed by atoms with E-state index in [0.29, 0.717) is 17.1 Å². The number of amides is 1. The molecule has 1 aromatic carbocycles. The van der Waals surface area contributed by atoms with Crippen molar-refractivity contribution in [3.8, 4) is 5.75 Å². The van der Waals surface area contributed by atoms with Crippen LogP contribution in [0.3, 0.4) is 0 Å². The maximum Gasteiger partial charge on any atom is 0.345 e. The van der Waals surface area contributed by atoms with Crippen molar-refractivity contribution >= 4 is 44.4 Å². The van der Waals surface area contributed by atoms with E-state index in [9.17, 15) is 25.1 Å². The fourth-order valence-electron chi connectivity index (χ4n) is 2.42. The molecule has 0 saturated heterocycles. The molecule has 0 bridgehead atoms. The molecule has 0 radical (unpaired) electrons. The third-order valence-electron chi connectivity index (χ3n) is 3.59. The molecule has 0 aliphatic carbocycles. The average molecular weight is 424 g/mol. The lowest BCUT2D eigenvalue weighted by molar-refractivity contribution is -0.380. The average Bonchev–Trinajstić information content (AvgIpc) is 3.15. The number of benzene rings is 1. The van der Waals surface area contributed by atoms with E-state index in [1.807, 2.05) is 0 Å². The van der Waals surface area contributed by atoms with E-state index in [0.717, 1.165) is 17.5 Å². The van der Waals surface area contributed by atoms with Crippen LogP contribution in [-0.2, 0) is 4.79 Å². The number of nitrogens with zero attached hydrogens (tertiary/aromatic N) is 5. The number of azo groups is 1. The summed E-state index contributed by atoms with van der Waals surface area (Å²) in [5.41, 5.74) is 1.08. The van der Waals surface area contributed by atoms with Gasteiger partial charge in [0.2, 0.25) is 11.0 Å². The number of nitro groups is 1. The molecule has 1 heterocycles. The van der Waals surface area contributed by atoms with Gasteiger partial charge in [-0.15, -0.1) is 10.2 Å². The Kier molecular flexibility index (Phi) is 7.94. The molecule has 0 aliphatic rings. The number of nitrogens with one attached hydrogen (secondary N) is 1. The smallest absolute Gasteiger partial charge is 0.345 e. The van der Waals surface area contributed by atoms with Crippen molar-refractivity contribution in [3.05, 3.63) is 28.4 Å². The predicted octanol–water partition coefficient (Wildman–Crippen LogP) is 2.22. The van der Waals surface area contributed by atoms with Gasteiger partial charge in [-0.2, -0.15) is 0 Å². The minimum absolute atomic E-state index is 0.0794. The topological polar surface area (TPSA) is 163 Å². The molecule has 1 amide bonds. The van der Waals surface area contributed by atoms with Gasteiger partial charge in [0.1, 0.15) is 17.6 Å². The summed E-state index contributed by atoms with van der Waals surface area (Å²) in [6.45, 7) is 1.50. The molecule has 0 spiro atoms. The molecule has 0 atom stereocenters. The maximum atomic E-state index is 11.6. The number of rotatable bonds is 10. The maximum absolute atomic E-state index is 11.6. The second-order valence-electron chi connectivity index (χ2n) is 5.59. The zero-order chi connectivity index (χ0) is 21.4. The third kappa shape index (κ3) is 5.91. The molecular weight excluding hydrogens is 404 g/mol. The predicted molar refractivity (Wildman–Crippen MR) is 107 cm³/mol. The van der Waals surface area contributed by atoms with Crippen LogP contribution in [-0.4, -0.2) is 59.4 Å². The Balaban J connectivity index is 2.47. The molecular formula is C16H20N6O6S. The molecule has 0 saturated carbocycles. The summed E-state index contributed by atoms with van der Waals surface area (Å²) in [5, 5.41) is 39.8. The number of thiazole rings is 1. The summed E-state index contributed by atoms with van der Waals surface area (Å²) in [4.78, 5) is 27.3. The molecule has 2 aromatic rings. The Labute approximate surface area is 169 Å². The van der Waals surface area contributed by atoms with Crippen LogP contribution in [0.4, 0.5) is 27.2 Å². The highest BCUT2D eigenvalue weighted by molar-refractivity contribution is 7.18. The van der Waals surface area contributed by atoms with Gasteiger partial charge in [-0.25, -0.2) is 4.98 Å². The lowest BCUT2D eigenvalue weighted by Crippen LogP contribution is -2.30. The lowest BCUT2D eigenvalue weighted by Gasteiger charge is -2.26. The number of aromatic nitrogens is 1. The van der Waals surface area contributed by atoms with Crippen molar-refractivity contribution in [2.75, 3.05) is 43.6 Å².